The van der Waals surface area contributed by atoms with Crippen LogP contribution >= 0.6 is 0 Å². The van der Waals surface area contributed by atoms with Crippen molar-refractivity contribution in [1.82, 2.24) is 0 Å². The molecule has 0 bridgehead atoms. The minimum atomic E-state index is -1.24. The van der Waals surface area contributed by atoms with Gasteiger partial charge in [0.2, 0.25) is 0 Å². The van der Waals surface area contributed by atoms with E-state index >= 15 is 0 Å². The number of phenols is 1. The van der Waals surface area contributed by atoms with Gasteiger partial charge in [0, 0.05) is 11.8 Å². The number of hydrogen-bond acceptors (Lipinski definition) is 4. The Balaban J connectivity index is 1.97. The number of aromatic carboxylic acids is 1. The van der Waals surface area contributed by atoms with Crippen molar-refractivity contribution in [2.75, 3.05) is 11.9 Å². The molecule has 0 radical (unpaired) electrons. The first-order valence-electron chi connectivity index (χ1n) is 6.92. The van der Waals surface area contributed by atoms with Crippen molar-refractivity contribution in [3.63, 3.8) is 0 Å². The summed E-state index contributed by atoms with van der Waals surface area (Å²) in [6.45, 7) is 3.68. The topological polar surface area (TPSA) is 95.9 Å². The first-order chi connectivity index (χ1) is 10.8. The molecule has 0 heterocycles. The Morgan fingerprint density at radius 1 is 1.09 bits per heavy atom. The predicted octanol–water partition coefficient (Wildman–Crippen LogP) is 2.72. The molecule has 0 atom stereocenters. The standard InChI is InChI=1S/C17H17NO5/c1-10-5-11(2)7-13(6-10)23-9-16(20)18-12-3-4-14(17(21)22)15(19)8-12/h3-8,19H,9H2,1-2H3,(H,18,20)(H,21,22). The van der Waals surface area contributed by atoms with Crippen molar-refractivity contribution in [1.29, 1.82) is 0 Å². The molecule has 120 valence electrons. The molecule has 23 heavy (non-hydrogen) atoms. The van der Waals surface area contributed by atoms with Crippen molar-refractivity contribution >= 4 is 17.6 Å². The van der Waals surface area contributed by atoms with E-state index in [9.17, 15) is 14.7 Å². The maximum atomic E-state index is 11.9. The van der Waals surface area contributed by atoms with E-state index in [2.05, 4.69) is 5.32 Å². The monoisotopic (exact) mass is 315 g/mol. The molecular formula is C17H17NO5. The van der Waals surface area contributed by atoms with E-state index in [1.54, 1.807) is 0 Å². The third-order valence-corrected chi connectivity index (χ3v) is 3.08. The summed E-state index contributed by atoms with van der Waals surface area (Å²) in [6.07, 6.45) is 0. The molecular weight excluding hydrogens is 298 g/mol. The van der Waals surface area contributed by atoms with Gasteiger partial charge in [0.25, 0.3) is 5.91 Å². The SMILES string of the molecule is Cc1cc(C)cc(OCC(=O)Nc2ccc(C(=O)O)c(O)c2)c1. The molecule has 6 nitrogen and oxygen atoms in total. The van der Waals surface area contributed by atoms with E-state index < -0.39 is 17.6 Å². The number of rotatable bonds is 5. The summed E-state index contributed by atoms with van der Waals surface area (Å²) in [5, 5.41) is 20.9. The van der Waals surface area contributed by atoms with Gasteiger partial charge in [-0.1, -0.05) is 6.07 Å². The number of aryl methyl sites for hydroxylation is 2. The molecule has 2 rings (SSSR count). The third-order valence-electron chi connectivity index (χ3n) is 3.08. The second kappa shape index (κ2) is 6.83. The number of nitrogens with one attached hydrogen (secondary N) is 1. The molecule has 2 aromatic carbocycles. The molecule has 0 aliphatic carbocycles. The Labute approximate surface area is 133 Å². The Hall–Kier alpha value is -3.02. The molecule has 2 aromatic rings. The summed E-state index contributed by atoms with van der Waals surface area (Å²) in [5.74, 6) is -1.46. The molecule has 0 saturated heterocycles. The van der Waals surface area contributed by atoms with Gasteiger partial charge in [-0.2, -0.15) is 0 Å². The number of carbonyl (C=O) groups excluding carboxylic acids is 1. The van der Waals surface area contributed by atoms with E-state index in [0.717, 1.165) is 11.1 Å². The average Bonchev–Trinajstić information content (AvgIpc) is 2.44. The van der Waals surface area contributed by atoms with Crippen molar-refractivity contribution in [2.45, 2.75) is 13.8 Å². The highest BCUT2D eigenvalue weighted by Gasteiger charge is 2.11. The van der Waals surface area contributed by atoms with Gasteiger partial charge in [-0.25, -0.2) is 4.79 Å². The van der Waals surface area contributed by atoms with Crippen molar-refractivity contribution < 1.29 is 24.5 Å². The van der Waals surface area contributed by atoms with Gasteiger partial charge >= 0.3 is 5.97 Å². The Morgan fingerprint density at radius 3 is 2.30 bits per heavy atom. The van der Waals surface area contributed by atoms with Gasteiger partial charge in [-0.15, -0.1) is 0 Å². The Bertz CT molecular complexity index is 734. The third kappa shape index (κ3) is 4.47. The van der Waals surface area contributed by atoms with Crippen molar-refractivity contribution in [3.8, 4) is 11.5 Å². The predicted molar refractivity (Wildman–Crippen MR) is 85.1 cm³/mol. The Morgan fingerprint density at radius 2 is 1.74 bits per heavy atom. The fourth-order valence-electron chi connectivity index (χ4n) is 2.15. The number of carbonyl (C=O) groups is 2. The van der Waals surface area contributed by atoms with Crippen molar-refractivity contribution in [3.05, 3.63) is 53.1 Å². The van der Waals surface area contributed by atoms with Crippen LogP contribution in [0.1, 0.15) is 21.5 Å². The Kier molecular flexibility index (Phi) is 4.85. The van der Waals surface area contributed by atoms with Crippen LogP contribution in [0, 0.1) is 13.8 Å². The maximum Gasteiger partial charge on any atom is 0.339 e. The molecule has 0 saturated carbocycles. The largest absolute Gasteiger partial charge is 0.507 e. The van der Waals surface area contributed by atoms with Crippen LogP contribution in [0.3, 0.4) is 0 Å². The molecule has 3 N–H and O–H groups in total. The fourth-order valence-corrected chi connectivity index (χ4v) is 2.15. The first kappa shape index (κ1) is 16.4. The molecule has 0 aromatic heterocycles. The molecule has 0 fully saturated rings. The number of hydrogen-bond donors (Lipinski definition) is 3. The smallest absolute Gasteiger partial charge is 0.339 e. The number of anilines is 1. The van der Waals surface area contributed by atoms with Crippen LogP contribution in [0.5, 0.6) is 11.5 Å². The highest BCUT2D eigenvalue weighted by Crippen LogP contribution is 2.22. The second-order valence-corrected chi connectivity index (χ2v) is 5.20. The lowest BCUT2D eigenvalue weighted by atomic mass is 10.1. The summed E-state index contributed by atoms with van der Waals surface area (Å²) < 4.78 is 5.43. The van der Waals surface area contributed by atoms with E-state index in [1.165, 1.54) is 18.2 Å². The second-order valence-electron chi connectivity index (χ2n) is 5.20. The van der Waals surface area contributed by atoms with E-state index in [1.807, 2.05) is 32.0 Å². The number of carboxylic acids is 1. The normalized spacial score (nSPS) is 10.2. The van der Waals surface area contributed by atoms with Gasteiger partial charge in [0.05, 0.1) is 0 Å². The van der Waals surface area contributed by atoms with Gasteiger partial charge in [0.15, 0.2) is 6.61 Å². The molecule has 6 heteroatoms. The first-order valence-corrected chi connectivity index (χ1v) is 6.92. The lowest BCUT2D eigenvalue weighted by molar-refractivity contribution is -0.118. The fraction of sp³-hybridized carbons (Fsp3) is 0.176. The summed E-state index contributed by atoms with van der Waals surface area (Å²) in [6, 6.07) is 9.45. The van der Waals surface area contributed by atoms with Crippen LogP contribution in [-0.4, -0.2) is 28.7 Å². The van der Waals surface area contributed by atoms with Gasteiger partial charge < -0.3 is 20.3 Å². The average molecular weight is 315 g/mol. The van der Waals surface area contributed by atoms with Gasteiger partial charge in [0.1, 0.15) is 17.1 Å². The van der Waals surface area contributed by atoms with Crippen LogP contribution in [0.15, 0.2) is 36.4 Å². The summed E-state index contributed by atoms with van der Waals surface area (Å²) in [4.78, 5) is 22.7. The lowest BCUT2D eigenvalue weighted by Crippen LogP contribution is -2.20. The minimum Gasteiger partial charge on any atom is -0.507 e. The van der Waals surface area contributed by atoms with Gasteiger partial charge in [-0.05, 0) is 49.2 Å². The van der Waals surface area contributed by atoms with Crippen LogP contribution in [0.4, 0.5) is 5.69 Å². The van der Waals surface area contributed by atoms with Crippen molar-refractivity contribution in [2.24, 2.45) is 0 Å². The molecule has 0 spiro atoms. The number of aromatic hydroxyl groups is 1. The van der Waals surface area contributed by atoms with Crippen LogP contribution < -0.4 is 10.1 Å². The van der Waals surface area contributed by atoms with E-state index in [0.29, 0.717) is 11.4 Å². The zero-order valence-electron chi connectivity index (χ0n) is 12.8. The van der Waals surface area contributed by atoms with E-state index in [-0.39, 0.29) is 12.2 Å². The van der Waals surface area contributed by atoms with Crippen LogP contribution in [0.25, 0.3) is 0 Å². The maximum absolute atomic E-state index is 11.9. The zero-order valence-corrected chi connectivity index (χ0v) is 12.8. The highest BCUT2D eigenvalue weighted by atomic mass is 16.5. The zero-order chi connectivity index (χ0) is 17.0. The summed E-state index contributed by atoms with van der Waals surface area (Å²) >= 11 is 0. The number of amides is 1. The molecule has 0 aliphatic heterocycles. The van der Waals surface area contributed by atoms with Gasteiger partial charge in [-0.3, -0.25) is 4.79 Å². The number of carboxylic acid groups (broad SMARTS) is 1. The molecule has 0 unspecified atom stereocenters. The highest BCUT2D eigenvalue weighted by molar-refractivity contribution is 5.95. The number of ether oxygens (including phenoxy) is 1. The molecule has 1 amide bonds. The van der Waals surface area contributed by atoms with E-state index in [4.69, 9.17) is 9.84 Å². The number of benzene rings is 2. The summed E-state index contributed by atoms with van der Waals surface area (Å²) in [5.41, 5.74) is 2.14. The van der Waals surface area contributed by atoms with Crippen LogP contribution in [-0.2, 0) is 4.79 Å². The summed E-state index contributed by atoms with van der Waals surface area (Å²) in [7, 11) is 0. The quantitative estimate of drug-likeness (QED) is 0.788. The lowest BCUT2D eigenvalue weighted by Gasteiger charge is -2.10. The molecule has 0 aliphatic rings. The minimum absolute atomic E-state index is 0.190. The van der Waals surface area contributed by atoms with Crippen LogP contribution in [0.2, 0.25) is 0 Å².